The maximum Gasteiger partial charge on any atom is 0.131 e. The van der Waals surface area contributed by atoms with Gasteiger partial charge in [0.15, 0.2) is 0 Å². The molecular formula is C13H24N4. The van der Waals surface area contributed by atoms with Crippen LogP contribution in [0.25, 0.3) is 0 Å². The molecule has 1 heterocycles. The molecule has 2 N–H and O–H groups in total. The number of aromatic nitrogens is 2. The Hall–Kier alpha value is -1.32. The zero-order chi connectivity index (χ0) is 12.5. The Morgan fingerprint density at radius 3 is 2.65 bits per heavy atom. The Labute approximate surface area is 104 Å². The highest BCUT2D eigenvalue weighted by molar-refractivity contribution is 5.46. The van der Waals surface area contributed by atoms with Gasteiger partial charge in [0.2, 0.25) is 0 Å². The van der Waals surface area contributed by atoms with Gasteiger partial charge in [0.25, 0.3) is 0 Å². The van der Waals surface area contributed by atoms with Crippen LogP contribution in [0.5, 0.6) is 0 Å². The first kappa shape index (κ1) is 13.7. The fourth-order valence-electron chi connectivity index (χ4n) is 1.77. The van der Waals surface area contributed by atoms with Crippen molar-refractivity contribution in [3.05, 3.63) is 12.4 Å². The van der Waals surface area contributed by atoms with E-state index in [1.807, 2.05) is 13.1 Å². The van der Waals surface area contributed by atoms with Crippen LogP contribution in [0.4, 0.5) is 11.6 Å². The Morgan fingerprint density at radius 1 is 1.18 bits per heavy atom. The lowest BCUT2D eigenvalue weighted by Gasteiger charge is -2.14. The lowest BCUT2D eigenvalue weighted by Crippen LogP contribution is -2.16. The molecule has 4 nitrogen and oxygen atoms in total. The van der Waals surface area contributed by atoms with E-state index in [9.17, 15) is 0 Å². The molecule has 0 fully saturated rings. The van der Waals surface area contributed by atoms with Crippen LogP contribution in [0, 0.1) is 0 Å². The summed E-state index contributed by atoms with van der Waals surface area (Å²) in [5.74, 6) is 1.74. The Bertz CT molecular complexity index is 314. The van der Waals surface area contributed by atoms with Crippen LogP contribution in [0.3, 0.4) is 0 Å². The van der Waals surface area contributed by atoms with Crippen LogP contribution < -0.4 is 10.6 Å². The third kappa shape index (κ3) is 5.52. The molecular weight excluding hydrogens is 212 g/mol. The highest BCUT2D eigenvalue weighted by atomic mass is 15.1. The molecule has 0 aliphatic rings. The number of hydrogen-bond donors (Lipinski definition) is 2. The standard InChI is InChI=1S/C13H24N4/c1-4-5-6-7-8-11(2)17-13-9-12(14-3)15-10-16-13/h9-11H,4-8H2,1-3H3,(H2,14,15,16,17). The van der Waals surface area contributed by atoms with E-state index in [1.165, 1.54) is 32.1 Å². The predicted octanol–water partition coefficient (Wildman–Crippen LogP) is 3.29. The van der Waals surface area contributed by atoms with Gasteiger partial charge in [0.1, 0.15) is 18.0 Å². The topological polar surface area (TPSA) is 49.8 Å². The van der Waals surface area contributed by atoms with E-state index in [2.05, 4.69) is 34.4 Å². The first-order valence-corrected chi connectivity index (χ1v) is 6.52. The average Bonchev–Trinajstić information content (AvgIpc) is 2.35. The second-order valence-corrected chi connectivity index (χ2v) is 4.43. The molecule has 1 aromatic rings. The summed E-state index contributed by atoms with van der Waals surface area (Å²) < 4.78 is 0. The van der Waals surface area contributed by atoms with Crippen LogP contribution in [0.1, 0.15) is 46.0 Å². The average molecular weight is 236 g/mol. The van der Waals surface area contributed by atoms with E-state index in [4.69, 9.17) is 0 Å². The van der Waals surface area contributed by atoms with E-state index in [-0.39, 0.29) is 0 Å². The van der Waals surface area contributed by atoms with Crippen molar-refractivity contribution in [2.75, 3.05) is 17.7 Å². The number of hydrogen-bond acceptors (Lipinski definition) is 4. The van der Waals surface area contributed by atoms with E-state index in [0.29, 0.717) is 6.04 Å². The quantitative estimate of drug-likeness (QED) is 0.680. The monoisotopic (exact) mass is 236 g/mol. The third-order valence-electron chi connectivity index (χ3n) is 2.81. The zero-order valence-electron chi connectivity index (χ0n) is 11.2. The Balaban J connectivity index is 2.31. The molecule has 96 valence electrons. The van der Waals surface area contributed by atoms with E-state index < -0.39 is 0 Å². The molecule has 0 radical (unpaired) electrons. The molecule has 17 heavy (non-hydrogen) atoms. The molecule has 0 amide bonds. The van der Waals surface area contributed by atoms with Crippen molar-refractivity contribution in [3.63, 3.8) is 0 Å². The van der Waals surface area contributed by atoms with Gasteiger partial charge >= 0.3 is 0 Å². The largest absolute Gasteiger partial charge is 0.373 e. The number of unbranched alkanes of at least 4 members (excludes halogenated alkanes) is 3. The fraction of sp³-hybridized carbons (Fsp3) is 0.692. The Kier molecular flexibility index (Phi) is 6.37. The van der Waals surface area contributed by atoms with Gasteiger partial charge in [0.05, 0.1) is 0 Å². The van der Waals surface area contributed by atoms with Gasteiger partial charge in [0, 0.05) is 19.2 Å². The van der Waals surface area contributed by atoms with E-state index >= 15 is 0 Å². The molecule has 0 aliphatic heterocycles. The Morgan fingerprint density at radius 2 is 1.94 bits per heavy atom. The van der Waals surface area contributed by atoms with E-state index in [0.717, 1.165) is 11.6 Å². The van der Waals surface area contributed by atoms with Crippen molar-refractivity contribution in [2.24, 2.45) is 0 Å². The van der Waals surface area contributed by atoms with Gasteiger partial charge in [-0.15, -0.1) is 0 Å². The summed E-state index contributed by atoms with van der Waals surface area (Å²) >= 11 is 0. The van der Waals surface area contributed by atoms with Gasteiger partial charge in [-0.3, -0.25) is 0 Å². The van der Waals surface area contributed by atoms with Crippen LogP contribution in [0.15, 0.2) is 12.4 Å². The lowest BCUT2D eigenvalue weighted by atomic mass is 10.1. The lowest BCUT2D eigenvalue weighted by molar-refractivity contribution is 0.593. The van der Waals surface area contributed by atoms with E-state index in [1.54, 1.807) is 6.33 Å². The van der Waals surface area contributed by atoms with Crippen molar-refractivity contribution in [1.29, 1.82) is 0 Å². The summed E-state index contributed by atoms with van der Waals surface area (Å²) in [5, 5.41) is 6.41. The van der Waals surface area contributed by atoms with Crippen LogP contribution in [-0.2, 0) is 0 Å². The zero-order valence-corrected chi connectivity index (χ0v) is 11.2. The summed E-state index contributed by atoms with van der Waals surface area (Å²) in [6.07, 6.45) is 8.01. The summed E-state index contributed by atoms with van der Waals surface area (Å²) in [5.41, 5.74) is 0. The number of nitrogens with one attached hydrogen (secondary N) is 2. The minimum atomic E-state index is 0.464. The molecule has 1 atom stereocenters. The molecule has 4 heteroatoms. The van der Waals surface area contributed by atoms with Crippen LogP contribution in [0.2, 0.25) is 0 Å². The molecule has 1 aromatic heterocycles. The molecule has 1 rings (SSSR count). The molecule has 0 aromatic carbocycles. The summed E-state index contributed by atoms with van der Waals surface area (Å²) in [7, 11) is 1.86. The van der Waals surface area contributed by atoms with Gasteiger partial charge in [-0.05, 0) is 13.3 Å². The van der Waals surface area contributed by atoms with Gasteiger partial charge in [-0.2, -0.15) is 0 Å². The maximum atomic E-state index is 4.21. The second kappa shape index (κ2) is 7.87. The summed E-state index contributed by atoms with van der Waals surface area (Å²) in [6, 6.07) is 2.40. The molecule has 0 bridgehead atoms. The minimum Gasteiger partial charge on any atom is -0.373 e. The first-order chi connectivity index (χ1) is 8.26. The van der Waals surface area contributed by atoms with Crippen LogP contribution >= 0.6 is 0 Å². The van der Waals surface area contributed by atoms with Crippen molar-refractivity contribution in [3.8, 4) is 0 Å². The first-order valence-electron chi connectivity index (χ1n) is 6.52. The molecule has 0 spiro atoms. The normalized spacial score (nSPS) is 12.2. The fourth-order valence-corrected chi connectivity index (χ4v) is 1.77. The van der Waals surface area contributed by atoms with Gasteiger partial charge in [-0.25, -0.2) is 9.97 Å². The smallest absolute Gasteiger partial charge is 0.131 e. The highest BCUT2D eigenvalue weighted by Gasteiger charge is 2.03. The second-order valence-electron chi connectivity index (χ2n) is 4.43. The van der Waals surface area contributed by atoms with Crippen molar-refractivity contribution in [2.45, 2.75) is 52.0 Å². The molecule has 0 saturated heterocycles. The number of anilines is 2. The molecule has 0 aliphatic carbocycles. The number of nitrogens with zero attached hydrogens (tertiary/aromatic N) is 2. The van der Waals surface area contributed by atoms with Crippen LogP contribution in [-0.4, -0.2) is 23.1 Å². The van der Waals surface area contributed by atoms with Crippen molar-refractivity contribution in [1.82, 2.24) is 9.97 Å². The SMILES string of the molecule is CCCCCCC(C)Nc1cc(NC)ncn1. The maximum absolute atomic E-state index is 4.21. The third-order valence-corrected chi connectivity index (χ3v) is 2.81. The van der Waals surface area contributed by atoms with Gasteiger partial charge in [-0.1, -0.05) is 32.6 Å². The summed E-state index contributed by atoms with van der Waals surface area (Å²) in [4.78, 5) is 8.30. The highest BCUT2D eigenvalue weighted by Crippen LogP contribution is 2.12. The number of rotatable bonds is 8. The summed E-state index contributed by atoms with van der Waals surface area (Å²) in [6.45, 7) is 4.44. The predicted molar refractivity (Wildman–Crippen MR) is 73.4 cm³/mol. The molecule has 0 saturated carbocycles. The van der Waals surface area contributed by atoms with Crippen molar-refractivity contribution >= 4 is 11.6 Å². The molecule has 1 unspecified atom stereocenters. The minimum absolute atomic E-state index is 0.464. The van der Waals surface area contributed by atoms with Crippen molar-refractivity contribution < 1.29 is 0 Å². The van der Waals surface area contributed by atoms with Gasteiger partial charge < -0.3 is 10.6 Å².